The molecule has 9 nitrogen and oxygen atoms in total. The van der Waals surface area contributed by atoms with Crippen molar-refractivity contribution >= 4 is 17.7 Å². The quantitative estimate of drug-likeness (QED) is 0.592. The van der Waals surface area contributed by atoms with Crippen molar-refractivity contribution in [2.24, 2.45) is 5.92 Å². The zero-order chi connectivity index (χ0) is 23.9. The van der Waals surface area contributed by atoms with Crippen molar-refractivity contribution in [3.63, 3.8) is 0 Å². The normalized spacial score (nSPS) is 20.7. The van der Waals surface area contributed by atoms with Gasteiger partial charge in [-0.05, 0) is 35.2 Å². The largest absolute Gasteiger partial charge is 0.490 e. The Kier molecular flexibility index (Phi) is 5.14. The number of rotatable bonds is 2. The van der Waals surface area contributed by atoms with Crippen LogP contribution in [0.2, 0.25) is 0 Å². The van der Waals surface area contributed by atoms with E-state index >= 15 is 0 Å². The van der Waals surface area contributed by atoms with Crippen LogP contribution in [0, 0.1) is 17.2 Å². The molecular formula is C26H23N5O4. The number of amides is 1. The number of nitrogens with one attached hydrogen (secondary N) is 2. The minimum absolute atomic E-state index is 0.191. The summed E-state index contributed by atoms with van der Waals surface area (Å²) in [5.41, 5.74) is 2.98. The van der Waals surface area contributed by atoms with Crippen LogP contribution in [0.3, 0.4) is 0 Å². The van der Waals surface area contributed by atoms with Crippen molar-refractivity contribution in [1.82, 2.24) is 9.97 Å². The van der Waals surface area contributed by atoms with Gasteiger partial charge in [-0.1, -0.05) is 30.3 Å². The molecule has 35 heavy (non-hydrogen) atoms. The van der Waals surface area contributed by atoms with Gasteiger partial charge in [-0.15, -0.1) is 0 Å². The molecule has 6 rings (SSSR count). The number of hydrogen-bond acceptors (Lipinski definition) is 7. The van der Waals surface area contributed by atoms with E-state index in [2.05, 4.69) is 33.5 Å². The summed E-state index contributed by atoms with van der Waals surface area (Å²) in [5, 5.41) is 12.5. The number of benzene rings is 2. The number of hydrogen-bond donors (Lipinski definition) is 2. The first-order valence-corrected chi connectivity index (χ1v) is 11.7. The lowest BCUT2D eigenvalue weighted by Crippen LogP contribution is -2.40. The van der Waals surface area contributed by atoms with Gasteiger partial charge in [0.1, 0.15) is 11.7 Å². The maximum absolute atomic E-state index is 13.4. The molecule has 1 aromatic heterocycles. The van der Waals surface area contributed by atoms with Crippen LogP contribution in [-0.2, 0) is 17.8 Å². The van der Waals surface area contributed by atoms with Crippen LogP contribution < -0.4 is 25.2 Å². The Bertz CT molecular complexity index is 1430. The first kappa shape index (κ1) is 21.2. The van der Waals surface area contributed by atoms with E-state index < -0.39 is 17.7 Å². The van der Waals surface area contributed by atoms with Crippen LogP contribution in [0.15, 0.2) is 47.3 Å². The number of H-pyrrole nitrogens is 1. The van der Waals surface area contributed by atoms with Gasteiger partial charge in [-0.3, -0.25) is 14.6 Å². The minimum atomic E-state index is -1.08. The minimum Gasteiger partial charge on any atom is -0.490 e. The molecular weight excluding hydrogens is 446 g/mol. The Morgan fingerprint density at radius 3 is 2.69 bits per heavy atom. The van der Waals surface area contributed by atoms with Crippen molar-refractivity contribution < 1.29 is 14.3 Å². The molecule has 2 atom stereocenters. The zero-order valence-corrected chi connectivity index (χ0v) is 18.9. The fourth-order valence-corrected chi connectivity index (χ4v) is 5.06. The third-order valence-corrected chi connectivity index (χ3v) is 6.81. The number of ether oxygens (including phenoxy) is 2. The van der Waals surface area contributed by atoms with Crippen molar-refractivity contribution in [2.45, 2.75) is 25.3 Å². The summed E-state index contributed by atoms with van der Waals surface area (Å²) in [6.07, 6.45) is 1.59. The summed E-state index contributed by atoms with van der Waals surface area (Å²) in [5.74, 6) is -0.612. The van der Waals surface area contributed by atoms with Gasteiger partial charge in [0.2, 0.25) is 11.9 Å². The Labute approximate surface area is 201 Å². The lowest BCUT2D eigenvalue weighted by molar-refractivity contribution is -0.119. The number of fused-ring (bicyclic) bond motifs is 3. The van der Waals surface area contributed by atoms with E-state index in [1.807, 2.05) is 17.0 Å². The highest BCUT2D eigenvalue weighted by atomic mass is 16.5. The standard InChI is InChI=1S/C26H23N5O4/c27-13-18-21(16-6-7-19-20(12-16)35-11-3-10-34-19)22-23(28-24(18)32)29-26(30-25(22)33)31-9-8-15-4-1-2-5-17(15)14-31/h1-2,4-7,12,18,21H,3,8-11,14H2,(H2,28,29,30,32,33). The van der Waals surface area contributed by atoms with Crippen LogP contribution in [0.5, 0.6) is 11.5 Å². The predicted molar refractivity (Wildman–Crippen MR) is 128 cm³/mol. The maximum Gasteiger partial charge on any atom is 0.258 e. The fraction of sp³-hybridized carbons (Fsp3) is 0.308. The first-order valence-electron chi connectivity index (χ1n) is 11.7. The number of aromatic amines is 1. The van der Waals surface area contributed by atoms with Crippen LogP contribution in [0.1, 0.15) is 34.6 Å². The molecule has 9 heteroatoms. The van der Waals surface area contributed by atoms with Gasteiger partial charge in [0.05, 0.1) is 24.8 Å². The molecule has 0 radical (unpaired) electrons. The van der Waals surface area contributed by atoms with Crippen LogP contribution in [0.25, 0.3) is 0 Å². The summed E-state index contributed by atoms with van der Waals surface area (Å²) >= 11 is 0. The second-order valence-electron chi connectivity index (χ2n) is 8.92. The molecule has 2 unspecified atom stereocenters. The summed E-state index contributed by atoms with van der Waals surface area (Å²) < 4.78 is 11.5. The molecule has 1 amide bonds. The summed E-state index contributed by atoms with van der Waals surface area (Å²) in [7, 11) is 0. The molecule has 0 fully saturated rings. The highest BCUT2D eigenvalue weighted by Crippen LogP contribution is 2.41. The molecule has 0 saturated carbocycles. The monoisotopic (exact) mass is 469 g/mol. The van der Waals surface area contributed by atoms with E-state index in [0.717, 1.165) is 12.8 Å². The average molecular weight is 470 g/mol. The Balaban J connectivity index is 1.42. The Hall–Kier alpha value is -4.32. The topological polar surface area (TPSA) is 120 Å². The van der Waals surface area contributed by atoms with E-state index in [-0.39, 0.29) is 16.9 Å². The molecule has 176 valence electrons. The van der Waals surface area contributed by atoms with Gasteiger partial charge in [-0.25, -0.2) is 0 Å². The van der Waals surface area contributed by atoms with Gasteiger partial charge in [0, 0.05) is 25.4 Å². The van der Waals surface area contributed by atoms with Crippen molar-refractivity contribution in [3.05, 3.63) is 75.1 Å². The van der Waals surface area contributed by atoms with E-state index in [4.69, 9.17) is 9.47 Å². The third kappa shape index (κ3) is 3.67. The summed E-state index contributed by atoms with van der Waals surface area (Å²) in [6.45, 7) is 2.36. The first-order chi connectivity index (χ1) is 17.1. The fourth-order valence-electron chi connectivity index (χ4n) is 5.06. The Morgan fingerprint density at radius 1 is 1.06 bits per heavy atom. The van der Waals surface area contributed by atoms with Crippen LogP contribution in [-0.4, -0.2) is 35.6 Å². The van der Waals surface area contributed by atoms with Crippen molar-refractivity contribution in [2.75, 3.05) is 30.0 Å². The lowest BCUT2D eigenvalue weighted by atomic mass is 9.79. The predicted octanol–water partition coefficient (Wildman–Crippen LogP) is 2.72. The summed E-state index contributed by atoms with van der Waals surface area (Å²) in [6, 6.07) is 15.6. The Morgan fingerprint density at radius 2 is 1.86 bits per heavy atom. The summed E-state index contributed by atoms with van der Waals surface area (Å²) in [4.78, 5) is 35.9. The molecule has 3 aliphatic rings. The van der Waals surface area contributed by atoms with E-state index in [0.29, 0.717) is 49.3 Å². The van der Waals surface area contributed by atoms with Gasteiger partial charge >= 0.3 is 0 Å². The number of nitriles is 1. The highest BCUT2D eigenvalue weighted by Gasteiger charge is 2.41. The smallest absolute Gasteiger partial charge is 0.258 e. The maximum atomic E-state index is 13.4. The van der Waals surface area contributed by atoms with Gasteiger partial charge in [0.25, 0.3) is 5.56 Å². The molecule has 0 saturated heterocycles. The molecule has 3 aromatic rings. The third-order valence-electron chi connectivity index (χ3n) is 6.81. The molecule has 0 spiro atoms. The van der Waals surface area contributed by atoms with E-state index in [9.17, 15) is 14.9 Å². The second-order valence-corrected chi connectivity index (χ2v) is 8.92. The number of carbonyl (C=O) groups excluding carboxylic acids is 1. The van der Waals surface area contributed by atoms with E-state index in [1.54, 1.807) is 18.2 Å². The number of carbonyl (C=O) groups is 1. The van der Waals surface area contributed by atoms with Gasteiger partial charge in [0.15, 0.2) is 11.5 Å². The second kappa shape index (κ2) is 8.47. The highest BCUT2D eigenvalue weighted by molar-refractivity contribution is 5.98. The average Bonchev–Trinajstić information content (AvgIpc) is 3.12. The van der Waals surface area contributed by atoms with E-state index in [1.165, 1.54) is 11.1 Å². The van der Waals surface area contributed by atoms with Crippen LogP contribution in [0.4, 0.5) is 11.8 Å². The van der Waals surface area contributed by atoms with Crippen LogP contribution >= 0.6 is 0 Å². The number of anilines is 2. The zero-order valence-electron chi connectivity index (χ0n) is 18.9. The molecule has 2 aromatic carbocycles. The molecule has 4 heterocycles. The van der Waals surface area contributed by atoms with Crippen molar-refractivity contribution in [1.29, 1.82) is 5.26 Å². The number of nitrogens with zero attached hydrogens (tertiary/aromatic N) is 3. The molecule has 0 aliphatic carbocycles. The SMILES string of the molecule is N#CC1C(=O)Nc2nc(N3CCc4ccccc4C3)[nH]c(=O)c2C1c1ccc2c(c1)OCCCO2. The molecule has 2 N–H and O–H groups in total. The van der Waals surface area contributed by atoms with Crippen molar-refractivity contribution in [3.8, 4) is 17.6 Å². The molecule has 0 bridgehead atoms. The van der Waals surface area contributed by atoms with Gasteiger partial charge in [-0.2, -0.15) is 10.2 Å². The molecule has 3 aliphatic heterocycles. The lowest BCUT2D eigenvalue weighted by Gasteiger charge is -2.32. The van der Waals surface area contributed by atoms with Gasteiger partial charge < -0.3 is 19.7 Å². The number of aromatic nitrogens is 2.